The predicted molar refractivity (Wildman–Crippen MR) is 111 cm³/mol. The van der Waals surface area contributed by atoms with Crippen LogP contribution in [0.5, 0.6) is 0 Å². The molecule has 32 heavy (non-hydrogen) atoms. The zero-order chi connectivity index (χ0) is 23.6. The van der Waals surface area contributed by atoms with Gasteiger partial charge in [-0.15, -0.1) is 0 Å². The number of rotatable bonds is 6. The summed E-state index contributed by atoms with van der Waals surface area (Å²) in [7, 11) is 0. The van der Waals surface area contributed by atoms with Crippen LogP contribution < -0.4 is 5.43 Å². The van der Waals surface area contributed by atoms with E-state index in [1.54, 1.807) is 36.6 Å². The molecule has 3 aromatic rings. The van der Waals surface area contributed by atoms with Crippen molar-refractivity contribution < 1.29 is 23.0 Å². The van der Waals surface area contributed by atoms with Gasteiger partial charge in [0.15, 0.2) is 0 Å². The fourth-order valence-electron chi connectivity index (χ4n) is 3.19. The summed E-state index contributed by atoms with van der Waals surface area (Å²) in [5.41, 5.74) is 2.85. The molecule has 0 aliphatic heterocycles. The summed E-state index contributed by atoms with van der Waals surface area (Å²) in [5.74, 6) is 0. The Kier molecular flexibility index (Phi) is 5.96. The van der Waals surface area contributed by atoms with Crippen LogP contribution in [0, 0.1) is 34.1 Å². The van der Waals surface area contributed by atoms with E-state index >= 15 is 0 Å². The van der Waals surface area contributed by atoms with Gasteiger partial charge in [0.1, 0.15) is 5.69 Å². The molecule has 2 aromatic carbocycles. The van der Waals surface area contributed by atoms with Gasteiger partial charge in [0.2, 0.25) is 0 Å². The van der Waals surface area contributed by atoms with E-state index in [0.29, 0.717) is 23.0 Å². The summed E-state index contributed by atoms with van der Waals surface area (Å²) in [6.45, 7) is 3.55. The highest BCUT2D eigenvalue weighted by atomic mass is 19.4. The maximum atomic E-state index is 12.8. The van der Waals surface area contributed by atoms with Crippen LogP contribution in [0.15, 0.2) is 53.6 Å². The van der Waals surface area contributed by atoms with Crippen molar-refractivity contribution in [3.63, 3.8) is 0 Å². The molecule has 0 saturated carbocycles. The molecular weight excluding hydrogens is 431 g/mol. The molecule has 0 radical (unpaired) electrons. The Morgan fingerprint density at radius 2 is 1.75 bits per heavy atom. The Hall–Kier alpha value is -4.22. The summed E-state index contributed by atoms with van der Waals surface area (Å²) in [6.07, 6.45) is -3.35. The Labute approximate surface area is 179 Å². The van der Waals surface area contributed by atoms with Gasteiger partial charge in [-0.05, 0) is 38.1 Å². The van der Waals surface area contributed by atoms with Crippen molar-refractivity contribution in [2.24, 2.45) is 5.10 Å². The maximum absolute atomic E-state index is 12.8. The topological polar surface area (TPSA) is 116 Å². The molecule has 0 amide bonds. The molecule has 1 heterocycles. The standard InChI is InChI=1S/C20H16F3N5O4/c1-12-8-14(13(2)26(12)16-4-3-5-17(10-16)27(29)30)11-24-25-18-7-6-15(20(21,22)23)9-19(18)28(31)32/h3-11,25H,1-2H3/b24-11-. The number of non-ortho nitro benzene ring substituents is 1. The van der Waals surface area contributed by atoms with Gasteiger partial charge < -0.3 is 4.57 Å². The molecular formula is C20H16F3N5O4. The summed E-state index contributed by atoms with van der Waals surface area (Å²) in [5, 5.41) is 26.1. The molecule has 0 saturated heterocycles. The van der Waals surface area contributed by atoms with E-state index in [4.69, 9.17) is 0 Å². The van der Waals surface area contributed by atoms with Crippen molar-refractivity contribution in [2.75, 3.05) is 5.43 Å². The Morgan fingerprint density at radius 3 is 2.38 bits per heavy atom. The second-order valence-corrected chi connectivity index (χ2v) is 6.80. The number of hydrogen-bond acceptors (Lipinski definition) is 6. The molecule has 12 heteroatoms. The highest BCUT2D eigenvalue weighted by molar-refractivity contribution is 5.83. The van der Waals surface area contributed by atoms with E-state index < -0.39 is 27.3 Å². The number of aromatic nitrogens is 1. The van der Waals surface area contributed by atoms with Gasteiger partial charge in [0.25, 0.3) is 11.4 Å². The van der Waals surface area contributed by atoms with Crippen molar-refractivity contribution in [1.29, 1.82) is 0 Å². The molecule has 1 aromatic heterocycles. The van der Waals surface area contributed by atoms with E-state index in [-0.39, 0.29) is 11.4 Å². The molecule has 166 valence electrons. The van der Waals surface area contributed by atoms with Crippen LogP contribution in [-0.2, 0) is 6.18 Å². The number of nitro benzene ring substituents is 2. The number of halogens is 3. The number of nitrogens with zero attached hydrogens (tertiary/aromatic N) is 4. The minimum absolute atomic E-state index is 0.0681. The summed E-state index contributed by atoms with van der Waals surface area (Å²) in [6, 6.07) is 9.91. The number of nitro groups is 2. The largest absolute Gasteiger partial charge is 0.416 e. The van der Waals surface area contributed by atoms with E-state index in [9.17, 15) is 33.4 Å². The summed E-state index contributed by atoms with van der Waals surface area (Å²) in [4.78, 5) is 20.8. The monoisotopic (exact) mass is 447 g/mol. The maximum Gasteiger partial charge on any atom is 0.416 e. The lowest BCUT2D eigenvalue weighted by molar-refractivity contribution is -0.384. The average molecular weight is 447 g/mol. The molecule has 1 N–H and O–H groups in total. The smallest absolute Gasteiger partial charge is 0.318 e. The van der Waals surface area contributed by atoms with Crippen LogP contribution in [0.1, 0.15) is 22.5 Å². The first-order chi connectivity index (χ1) is 15.0. The van der Waals surface area contributed by atoms with E-state index in [1.807, 2.05) is 0 Å². The molecule has 0 atom stereocenters. The number of hydrazone groups is 1. The zero-order valence-corrected chi connectivity index (χ0v) is 16.8. The van der Waals surface area contributed by atoms with Crippen LogP contribution in [0.25, 0.3) is 5.69 Å². The quantitative estimate of drug-likeness (QED) is 0.310. The first kappa shape index (κ1) is 22.5. The minimum atomic E-state index is -4.71. The molecule has 0 spiro atoms. The number of alkyl halides is 3. The second kappa shape index (κ2) is 8.49. The normalized spacial score (nSPS) is 11.7. The van der Waals surface area contributed by atoms with Gasteiger partial charge in [0.05, 0.1) is 27.3 Å². The fraction of sp³-hybridized carbons (Fsp3) is 0.150. The Morgan fingerprint density at radius 1 is 1.03 bits per heavy atom. The van der Waals surface area contributed by atoms with Crippen molar-refractivity contribution in [3.05, 3.63) is 91.3 Å². The second-order valence-electron chi connectivity index (χ2n) is 6.80. The third kappa shape index (κ3) is 4.58. The van der Waals surface area contributed by atoms with Crippen LogP contribution in [0.3, 0.4) is 0 Å². The van der Waals surface area contributed by atoms with Crippen molar-refractivity contribution >= 4 is 23.3 Å². The zero-order valence-electron chi connectivity index (χ0n) is 16.8. The van der Waals surface area contributed by atoms with E-state index in [1.165, 1.54) is 18.3 Å². The highest BCUT2D eigenvalue weighted by Crippen LogP contribution is 2.35. The number of hydrogen-bond donors (Lipinski definition) is 1. The first-order valence-electron chi connectivity index (χ1n) is 9.07. The molecule has 0 bridgehead atoms. The summed E-state index contributed by atoms with van der Waals surface area (Å²) < 4.78 is 40.2. The Balaban J connectivity index is 1.89. The third-order valence-corrected chi connectivity index (χ3v) is 4.68. The number of nitrogens with one attached hydrogen (secondary N) is 1. The van der Waals surface area contributed by atoms with Gasteiger partial charge in [0, 0.05) is 35.2 Å². The minimum Gasteiger partial charge on any atom is -0.318 e. The van der Waals surface area contributed by atoms with Crippen LogP contribution in [-0.4, -0.2) is 20.6 Å². The lowest BCUT2D eigenvalue weighted by atomic mass is 10.1. The first-order valence-corrected chi connectivity index (χ1v) is 9.07. The number of anilines is 1. The van der Waals surface area contributed by atoms with Crippen LogP contribution >= 0.6 is 0 Å². The van der Waals surface area contributed by atoms with Crippen molar-refractivity contribution in [2.45, 2.75) is 20.0 Å². The van der Waals surface area contributed by atoms with Crippen molar-refractivity contribution in [1.82, 2.24) is 4.57 Å². The van der Waals surface area contributed by atoms with E-state index in [2.05, 4.69) is 10.5 Å². The van der Waals surface area contributed by atoms with Gasteiger partial charge >= 0.3 is 6.18 Å². The highest BCUT2D eigenvalue weighted by Gasteiger charge is 2.33. The van der Waals surface area contributed by atoms with Crippen LogP contribution in [0.2, 0.25) is 0 Å². The Bertz CT molecular complexity index is 1230. The van der Waals surface area contributed by atoms with Gasteiger partial charge in [-0.1, -0.05) is 6.07 Å². The predicted octanol–water partition coefficient (Wildman–Crippen LogP) is 5.38. The van der Waals surface area contributed by atoms with Gasteiger partial charge in [-0.25, -0.2) is 0 Å². The average Bonchev–Trinajstić information content (AvgIpc) is 3.00. The fourth-order valence-corrected chi connectivity index (χ4v) is 3.19. The lowest BCUT2D eigenvalue weighted by Crippen LogP contribution is -2.06. The van der Waals surface area contributed by atoms with Crippen LogP contribution in [0.4, 0.5) is 30.2 Å². The molecule has 0 unspecified atom stereocenters. The number of benzene rings is 2. The molecule has 3 rings (SSSR count). The third-order valence-electron chi connectivity index (χ3n) is 4.68. The summed E-state index contributed by atoms with van der Waals surface area (Å²) >= 11 is 0. The molecule has 0 aliphatic carbocycles. The molecule has 0 fully saturated rings. The molecule has 0 aliphatic rings. The van der Waals surface area contributed by atoms with Gasteiger partial charge in [-0.3, -0.25) is 25.7 Å². The number of aryl methyl sites for hydroxylation is 1. The SMILES string of the molecule is Cc1cc(/C=N\Nc2ccc(C(F)(F)F)cc2[N+](=O)[O-])c(C)n1-c1cccc([N+](=O)[O-])c1. The van der Waals surface area contributed by atoms with Gasteiger partial charge in [-0.2, -0.15) is 18.3 Å². The van der Waals surface area contributed by atoms with Crippen molar-refractivity contribution in [3.8, 4) is 5.69 Å². The van der Waals surface area contributed by atoms with E-state index in [0.717, 1.165) is 17.8 Å². The molecule has 9 nitrogen and oxygen atoms in total. The lowest BCUT2D eigenvalue weighted by Gasteiger charge is -2.09.